The van der Waals surface area contributed by atoms with E-state index in [2.05, 4.69) is 6.42 Å². The van der Waals surface area contributed by atoms with E-state index in [1.165, 1.54) is 0 Å². The molecule has 0 saturated heterocycles. The first-order valence-electron chi connectivity index (χ1n) is 0.856. The lowest BCUT2D eigenvalue weighted by Crippen LogP contribution is -1.02. The third-order valence-corrected chi connectivity index (χ3v) is 0. The first kappa shape index (κ1) is 353. The fourth-order valence-electron chi connectivity index (χ4n) is 0. The minimum atomic E-state index is 0. The van der Waals surface area contributed by atoms with E-state index >= 15 is 0 Å². The Labute approximate surface area is 96.1 Å². The summed E-state index contributed by atoms with van der Waals surface area (Å²) in [5.74, 6) is 0. The Balaban J connectivity index is -0.000000000884. The van der Waals surface area contributed by atoms with Crippen molar-refractivity contribution in [3.8, 4) is 12.6 Å². The van der Waals surface area contributed by atoms with Crippen LogP contribution in [0.25, 0.3) is 0 Å². The van der Waals surface area contributed by atoms with Crippen LogP contribution in [0.1, 0.15) is 66.8 Å². The molecule has 2 heteroatoms. The van der Waals surface area contributed by atoms with Crippen molar-refractivity contribution in [2.45, 2.75) is 66.8 Å². The fraction of sp³-hybridized carbons (Fsp3) is 0.833. The highest BCUT2D eigenvalue weighted by atomic mass is 19.1. The average Bonchev–Trinajstić information content (AvgIpc) is 1.46. The van der Waals surface area contributed by atoms with Crippen LogP contribution in [-0.2, 0) is 0 Å². The summed E-state index contributed by atoms with van der Waals surface area (Å²) in [6, 6.07) is 0. The van der Waals surface area contributed by atoms with Crippen molar-refractivity contribution in [2.24, 2.45) is 0 Å². The first-order chi connectivity index (χ1) is 2.41. The van der Waals surface area contributed by atoms with Gasteiger partial charge >= 0.3 is 0 Å². The molecule has 0 saturated carbocycles. The van der Waals surface area contributed by atoms with Crippen molar-refractivity contribution in [1.82, 2.24) is 0 Å². The van der Waals surface area contributed by atoms with E-state index in [0.29, 0.717) is 7.18 Å². The number of alkyl halides is 1. The van der Waals surface area contributed by atoms with Gasteiger partial charge in [-0.2, -0.15) is 0 Å². The summed E-state index contributed by atoms with van der Waals surface area (Å²) in [6.45, 7) is 0. The average molecular weight is 222 g/mol. The van der Waals surface area contributed by atoms with Gasteiger partial charge < -0.3 is 0 Å². The number of hydrogen-bond acceptors (Lipinski definition) is 0. The van der Waals surface area contributed by atoms with Crippen LogP contribution < -0.4 is 0 Å². The van der Waals surface area contributed by atoms with Crippen LogP contribution in [0.2, 0.25) is 0 Å². The molecule has 0 N–H and O–H groups in total. The second-order valence-electron chi connectivity index (χ2n) is 0.109. The van der Waals surface area contributed by atoms with Gasteiger partial charge in [0.25, 0.3) is 0 Å². The highest BCUT2D eigenvalue weighted by molar-refractivity contribution is 4.63. The highest BCUT2D eigenvalue weighted by Gasteiger charge is 1.15. The molecule has 0 fully saturated rings. The number of hydrogen-bond donors (Lipinski definition) is 0. The van der Waals surface area contributed by atoms with Gasteiger partial charge in [0.1, 0.15) is 6.17 Å². The predicted molar refractivity (Wildman–Crippen MR) is 77.6 cm³/mol. The monoisotopic (exact) mass is 222 g/mol. The van der Waals surface area contributed by atoms with Crippen LogP contribution in [0.15, 0.2) is 0 Å². The Kier molecular flexibility index (Phi) is 232000. The lowest BCUT2D eigenvalue weighted by atomic mass is 11.4. The Hall–Kier alpha value is -0.580. The summed E-state index contributed by atoms with van der Waals surface area (Å²) < 4.78 is 19.3. The molecule has 0 aliphatic rings. The molecule has 0 spiro atoms. The molecule has 0 aromatic carbocycles. The van der Waals surface area contributed by atoms with Crippen LogP contribution >= 0.6 is 0 Å². The minimum Gasteiger partial charge on any atom is -0.255 e. The molecular weight excluding hydrogens is 182 g/mol. The molecule has 14 heavy (non-hydrogen) atoms. The molecule has 0 unspecified atom stereocenters. The van der Waals surface area contributed by atoms with E-state index in [-0.39, 0.29) is 66.8 Å². The molecule has 0 heterocycles. The molecule has 0 nitrogen and oxygen atoms in total. The summed E-state index contributed by atoms with van der Waals surface area (Å²) in [6.07, 6.45) is 4.68. The smallest absolute Gasteiger partial charge is 0.102 e. The van der Waals surface area contributed by atoms with Gasteiger partial charge in [0.15, 0.2) is 0 Å². The third-order valence-electron chi connectivity index (χ3n) is 0. The summed E-state index contributed by atoms with van der Waals surface area (Å²) in [4.78, 5) is 0. The van der Waals surface area contributed by atoms with E-state index in [1.54, 1.807) is 0 Å². The summed E-state index contributed by atoms with van der Waals surface area (Å²) >= 11 is 0. The van der Waals surface area contributed by atoms with Gasteiger partial charge in [-0.25, -0.2) is 0 Å². The molecular formula is C12H40F2. The fourth-order valence-corrected chi connectivity index (χ4v) is 0. The summed E-state index contributed by atoms with van der Waals surface area (Å²) in [5, 5.41) is 0. The summed E-state index contributed by atoms with van der Waals surface area (Å²) in [5.41, 5.74) is 0. The van der Waals surface area contributed by atoms with Gasteiger partial charge in [-0.15, -0.1) is 4.39 Å². The van der Waals surface area contributed by atoms with Crippen molar-refractivity contribution in [3.05, 3.63) is 0 Å². The van der Waals surface area contributed by atoms with Crippen molar-refractivity contribution < 1.29 is 8.78 Å². The largest absolute Gasteiger partial charge is 0.255 e. The topological polar surface area (TPSA) is 0 Å². The highest BCUT2D eigenvalue weighted by Crippen LogP contribution is 1.34. The van der Waals surface area contributed by atoms with Gasteiger partial charge in [0.2, 0.25) is 0 Å². The van der Waals surface area contributed by atoms with E-state index in [0.717, 1.165) is 6.17 Å². The lowest BCUT2D eigenvalue weighted by molar-refractivity contribution is 0.636. The van der Waals surface area contributed by atoms with E-state index in [9.17, 15) is 8.78 Å². The molecule has 0 rings (SSSR count). The van der Waals surface area contributed by atoms with Gasteiger partial charge in [-0.1, -0.05) is 73.3 Å². The van der Waals surface area contributed by atoms with Crippen LogP contribution in [0.3, 0.4) is 0 Å². The molecule has 0 aliphatic heterocycles. The van der Waals surface area contributed by atoms with E-state index in [4.69, 9.17) is 0 Å². The van der Waals surface area contributed by atoms with Crippen LogP contribution in [-0.4, -0.2) is 7.18 Å². The molecule has 0 atom stereocenters. The Morgan fingerprint density at radius 1 is 0.643 bits per heavy atom. The molecule has 0 aromatic rings. The minimum absolute atomic E-state index is 0. The van der Waals surface area contributed by atoms with Gasteiger partial charge in [-0.3, -0.25) is 4.39 Å². The maximum absolute atomic E-state index is 9.82. The second-order valence-corrected chi connectivity index (χ2v) is 0.109. The normalized spacial score (nSPS) is 1.00. The standard InChI is InChI=1S/C2HF.CH3F.9CH4/c1-2-3;1-2;;;;;;;;;/h1H;1H3;9*1H4. The second kappa shape index (κ2) is 9180. The van der Waals surface area contributed by atoms with Crippen molar-refractivity contribution in [1.29, 1.82) is 0 Å². The van der Waals surface area contributed by atoms with Crippen LogP contribution in [0, 0.1) is 12.6 Å². The lowest BCUT2D eigenvalue weighted by Gasteiger charge is -1.17. The summed E-state index contributed by atoms with van der Waals surface area (Å²) in [7, 11) is 0.500. The van der Waals surface area contributed by atoms with Crippen molar-refractivity contribution in [3.63, 3.8) is 0 Å². The molecule has 102 valence electrons. The quantitative estimate of drug-likeness (QED) is 0.393. The van der Waals surface area contributed by atoms with E-state index in [1.807, 2.05) is 0 Å². The number of rotatable bonds is 0. The zero-order valence-electron chi connectivity index (χ0n) is 2.83. The SMILES string of the molecule is C.C.C.C.C.C.C.C.C.C#CF.CF. The Morgan fingerprint density at radius 2 is 0.643 bits per heavy atom. The van der Waals surface area contributed by atoms with Gasteiger partial charge in [0.05, 0.1) is 7.18 Å². The Bertz CT molecular complexity index is 29.8. The van der Waals surface area contributed by atoms with Crippen molar-refractivity contribution in [2.75, 3.05) is 7.18 Å². The molecule has 0 bridgehead atoms. The van der Waals surface area contributed by atoms with Crippen LogP contribution in [0.5, 0.6) is 0 Å². The zero-order valence-corrected chi connectivity index (χ0v) is 2.83. The number of halogens is 2. The van der Waals surface area contributed by atoms with Gasteiger partial charge in [-0.05, 0) is 0 Å². The molecule has 0 radical (unpaired) electrons. The maximum atomic E-state index is 9.82. The number of terminal acetylenes is 1. The van der Waals surface area contributed by atoms with Gasteiger partial charge in [0, 0.05) is 0 Å². The molecule has 0 amide bonds. The molecule has 0 aromatic heterocycles. The third kappa shape index (κ3) is 3690. The van der Waals surface area contributed by atoms with Crippen LogP contribution in [0.4, 0.5) is 8.78 Å². The first-order valence-corrected chi connectivity index (χ1v) is 0.856. The van der Waals surface area contributed by atoms with Crippen molar-refractivity contribution >= 4 is 0 Å². The predicted octanol–water partition coefficient (Wildman–Crippen LogP) is 6.86. The van der Waals surface area contributed by atoms with E-state index < -0.39 is 0 Å². The zero-order chi connectivity index (χ0) is 4.71. The maximum Gasteiger partial charge on any atom is 0.102 e. The Morgan fingerprint density at radius 3 is 0.643 bits per heavy atom. The molecule has 0 aliphatic carbocycles.